The molecule has 0 spiro atoms. The molecule has 2 aromatic carbocycles. The van der Waals surface area contributed by atoms with Crippen LogP contribution in [0.5, 0.6) is 0 Å². The van der Waals surface area contributed by atoms with E-state index in [9.17, 15) is 9.59 Å². The van der Waals surface area contributed by atoms with Gasteiger partial charge in [-0.05, 0) is 24.3 Å². The lowest BCUT2D eigenvalue weighted by Crippen LogP contribution is -2.28. The summed E-state index contributed by atoms with van der Waals surface area (Å²) >= 11 is 13.4. The minimum absolute atomic E-state index is 0.0284. The van der Waals surface area contributed by atoms with Gasteiger partial charge in [-0.15, -0.1) is 11.3 Å². The maximum Gasteiger partial charge on any atom is 0.411 e. The Hall–Kier alpha value is -2.28. The van der Waals surface area contributed by atoms with Crippen LogP contribution in [0.1, 0.15) is 9.67 Å². The maximum atomic E-state index is 12.3. The summed E-state index contributed by atoms with van der Waals surface area (Å²) in [5.41, 5.74) is 0.531. The molecule has 3 rings (SSSR count). The summed E-state index contributed by atoms with van der Waals surface area (Å²) in [4.78, 5) is 24.4. The lowest BCUT2D eigenvalue weighted by molar-refractivity contribution is 0.0942. The first kappa shape index (κ1) is 18.5. The second kappa shape index (κ2) is 8.40. The minimum Gasteiger partial charge on any atom is -0.447 e. The quantitative estimate of drug-likeness (QED) is 0.570. The Morgan fingerprint density at radius 3 is 2.65 bits per heavy atom. The van der Waals surface area contributed by atoms with Gasteiger partial charge in [-0.3, -0.25) is 10.1 Å². The van der Waals surface area contributed by atoms with Crippen LogP contribution < -0.4 is 10.6 Å². The lowest BCUT2D eigenvalue weighted by atomic mass is 10.2. The number of nitrogens with one attached hydrogen (secondary N) is 2. The molecule has 0 fully saturated rings. The van der Waals surface area contributed by atoms with Crippen molar-refractivity contribution in [3.05, 3.63) is 63.5 Å². The molecule has 0 bridgehead atoms. The maximum absolute atomic E-state index is 12.3. The fourth-order valence-corrected chi connectivity index (χ4v) is 3.89. The molecule has 0 unspecified atom stereocenters. The number of thiophene rings is 1. The molecule has 0 saturated heterocycles. The molecule has 2 amide bonds. The number of hydrogen-bond donors (Lipinski definition) is 2. The Bertz CT molecular complexity index is 959. The number of rotatable bonds is 5. The van der Waals surface area contributed by atoms with E-state index < -0.39 is 6.09 Å². The van der Waals surface area contributed by atoms with E-state index in [4.69, 9.17) is 27.9 Å². The summed E-state index contributed by atoms with van der Waals surface area (Å²) < 4.78 is 5.97. The molecule has 1 aromatic heterocycles. The van der Waals surface area contributed by atoms with Crippen LogP contribution in [-0.2, 0) is 4.74 Å². The van der Waals surface area contributed by atoms with E-state index >= 15 is 0 Å². The number of benzene rings is 2. The van der Waals surface area contributed by atoms with Crippen molar-refractivity contribution in [2.75, 3.05) is 18.5 Å². The SMILES string of the molecule is O=C(Nc1cccc(Cl)c1)OCCNC(=O)c1sc2ccccc2c1Cl. The first-order valence-electron chi connectivity index (χ1n) is 7.69. The van der Waals surface area contributed by atoms with Crippen molar-refractivity contribution in [3.8, 4) is 0 Å². The molecule has 0 atom stereocenters. The van der Waals surface area contributed by atoms with Crippen LogP contribution in [0.2, 0.25) is 10.0 Å². The smallest absolute Gasteiger partial charge is 0.411 e. The van der Waals surface area contributed by atoms with Crippen molar-refractivity contribution in [2.45, 2.75) is 0 Å². The van der Waals surface area contributed by atoms with Gasteiger partial charge in [-0.1, -0.05) is 47.5 Å². The number of hydrogen-bond acceptors (Lipinski definition) is 4. The third-order valence-electron chi connectivity index (χ3n) is 3.43. The van der Waals surface area contributed by atoms with Crippen molar-refractivity contribution in [1.82, 2.24) is 5.32 Å². The minimum atomic E-state index is -0.624. The summed E-state index contributed by atoms with van der Waals surface area (Å²) in [6, 6.07) is 14.3. The fraction of sp³-hybridized carbons (Fsp3) is 0.111. The van der Waals surface area contributed by atoms with E-state index in [0.717, 1.165) is 10.1 Å². The molecule has 26 heavy (non-hydrogen) atoms. The zero-order valence-electron chi connectivity index (χ0n) is 13.4. The van der Waals surface area contributed by atoms with Crippen LogP contribution in [0.25, 0.3) is 10.1 Å². The van der Waals surface area contributed by atoms with Crippen molar-refractivity contribution in [1.29, 1.82) is 0 Å². The van der Waals surface area contributed by atoms with E-state index in [1.54, 1.807) is 24.3 Å². The van der Waals surface area contributed by atoms with Gasteiger partial charge in [0.25, 0.3) is 5.91 Å². The zero-order valence-corrected chi connectivity index (χ0v) is 15.8. The Morgan fingerprint density at radius 1 is 1.08 bits per heavy atom. The predicted molar refractivity (Wildman–Crippen MR) is 106 cm³/mol. The van der Waals surface area contributed by atoms with Crippen LogP contribution in [0.3, 0.4) is 0 Å². The zero-order chi connectivity index (χ0) is 18.5. The number of amides is 2. The van der Waals surface area contributed by atoms with Gasteiger partial charge in [0.05, 0.1) is 11.6 Å². The Morgan fingerprint density at radius 2 is 1.88 bits per heavy atom. The molecule has 8 heteroatoms. The average molecular weight is 409 g/mol. The van der Waals surface area contributed by atoms with Crippen LogP contribution in [0.15, 0.2) is 48.5 Å². The largest absolute Gasteiger partial charge is 0.447 e. The summed E-state index contributed by atoms with van der Waals surface area (Å²) in [7, 11) is 0. The second-order valence-corrected chi connectivity index (χ2v) is 7.14. The molecule has 0 aliphatic heterocycles. The third kappa shape index (κ3) is 4.46. The van der Waals surface area contributed by atoms with Gasteiger partial charge in [0, 0.05) is 20.8 Å². The number of fused-ring (bicyclic) bond motifs is 1. The highest BCUT2D eigenvalue weighted by Gasteiger charge is 2.16. The highest BCUT2D eigenvalue weighted by Crippen LogP contribution is 2.34. The van der Waals surface area contributed by atoms with E-state index in [2.05, 4.69) is 10.6 Å². The Kier molecular flexibility index (Phi) is 5.98. The van der Waals surface area contributed by atoms with Gasteiger partial charge >= 0.3 is 6.09 Å². The number of ether oxygens (including phenoxy) is 1. The first-order valence-corrected chi connectivity index (χ1v) is 9.26. The molecular weight excluding hydrogens is 395 g/mol. The van der Waals surface area contributed by atoms with E-state index in [0.29, 0.717) is 20.6 Å². The van der Waals surface area contributed by atoms with E-state index in [-0.39, 0.29) is 19.1 Å². The van der Waals surface area contributed by atoms with Gasteiger partial charge in [0.2, 0.25) is 0 Å². The van der Waals surface area contributed by atoms with E-state index in [1.165, 1.54) is 11.3 Å². The summed E-state index contributed by atoms with van der Waals surface area (Å²) in [6.07, 6.45) is -0.624. The number of carbonyl (C=O) groups excluding carboxylic acids is 2. The van der Waals surface area contributed by atoms with Crippen LogP contribution >= 0.6 is 34.5 Å². The molecule has 0 aliphatic carbocycles. The summed E-state index contributed by atoms with van der Waals surface area (Å²) in [5, 5.41) is 7.03. The predicted octanol–water partition coefficient (Wildman–Crippen LogP) is 5.19. The van der Waals surface area contributed by atoms with Crippen LogP contribution in [0.4, 0.5) is 10.5 Å². The fourth-order valence-electron chi connectivity index (χ4n) is 2.27. The molecule has 0 aliphatic rings. The highest BCUT2D eigenvalue weighted by molar-refractivity contribution is 7.21. The van der Waals surface area contributed by atoms with Crippen molar-refractivity contribution >= 4 is 62.3 Å². The normalized spacial score (nSPS) is 10.5. The molecule has 0 radical (unpaired) electrons. The van der Waals surface area contributed by atoms with Crippen molar-refractivity contribution < 1.29 is 14.3 Å². The first-order chi connectivity index (χ1) is 12.5. The second-order valence-electron chi connectivity index (χ2n) is 5.27. The van der Waals surface area contributed by atoms with Gasteiger partial charge in [0.1, 0.15) is 11.5 Å². The molecular formula is C18H14Cl2N2O3S. The van der Waals surface area contributed by atoms with Gasteiger partial charge in [-0.2, -0.15) is 0 Å². The van der Waals surface area contributed by atoms with E-state index in [1.807, 2.05) is 24.3 Å². The molecule has 0 saturated carbocycles. The monoisotopic (exact) mass is 408 g/mol. The topological polar surface area (TPSA) is 67.4 Å². The summed E-state index contributed by atoms with van der Waals surface area (Å²) in [6.45, 7) is 0.201. The lowest BCUT2D eigenvalue weighted by Gasteiger charge is -2.08. The van der Waals surface area contributed by atoms with Gasteiger partial charge in [-0.25, -0.2) is 4.79 Å². The standard InChI is InChI=1S/C18H14Cl2N2O3S/c19-11-4-3-5-12(10-11)22-18(24)25-9-8-21-17(23)16-15(20)13-6-1-2-7-14(13)26-16/h1-7,10H,8-9H2,(H,21,23)(H,22,24). The number of anilines is 1. The Labute approximate surface area is 163 Å². The van der Waals surface area contributed by atoms with Crippen LogP contribution in [0, 0.1) is 0 Å². The number of carbonyl (C=O) groups is 2. The van der Waals surface area contributed by atoms with Gasteiger partial charge in [0.15, 0.2) is 0 Å². The average Bonchev–Trinajstić information content (AvgIpc) is 2.96. The van der Waals surface area contributed by atoms with Gasteiger partial charge < -0.3 is 10.1 Å². The molecule has 5 nitrogen and oxygen atoms in total. The third-order valence-corrected chi connectivity index (χ3v) is 5.34. The van der Waals surface area contributed by atoms with Crippen molar-refractivity contribution in [3.63, 3.8) is 0 Å². The molecule has 134 valence electrons. The number of halogens is 2. The molecule has 3 aromatic rings. The highest BCUT2D eigenvalue weighted by atomic mass is 35.5. The van der Waals surface area contributed by atoms with Crippen molar-refractivity contribution in [2.24, 2.45) is 0 Å². The van der Waals surface area contributed by atoms with Crippen LogP contribution in [-0.4, -0.2) is 25.2 Å². The molecule has 2 N–H and O–H groups in total. The molecule has 1 heterocycles. The Balaban J connectivity index is 1.47. The summed E-state index contributed by atoms with van der Waals surface area (Å²) in [5.74, 6) is -0.296.